The average molecular weight is 457 g/mol. The summed E-state index contributed by atoms with van der Waals surface area (Å²) in [4.78, 5) is 13.2. The van der Waals surface area contributed by atoms with Gasteiger partial charge in [-0.15, -0.1) is 0 Å². The van der Waals surface area contributed by atoms with E-state index < -0.39 is 0 Å². The molecular formula is C30H36N2O2. The average Bonchev–Trinajstić information content (AvgIpc) is 3.14. The van der Waals surface area contributed by atoms with Gasteiger partial charge in [-0.2, -0.15) is 0 Å². The summed E-state index contributed by atoms with van der Waals surface area (Å²) >= 11 is 0. The Morgan fingerprint density at radius 3 is 2.29 bits per heavy atom. The molecule has 4 aliphatic rings. The fourth-order valence-corrected chi connectivity index (χ4v) is 7.56. The summed E-state index contributed by atoms with van der Waals surface area (Å²) < 4.78 is 1.24. The topological polar surface area (TPSA) is 46.4 Å². The van der Waals surface area contributed by atoms with Crippen LogP contribution in [0.25, 0.3) is 5.57 Å². The summed E-state index contributed by atoms with van der Waals surface area (Å²) in [5.41, 5.74) is 10.9. The Morgan fingerprint density at radius 1 is 0.882 bits per heavy atom. The van der Waals surface area contributed by atoms with E-state index in [2.05, 4.69) is 52.0 Å². The Balaban J connectivity index is 1.59. The lowest BCUT2D eigenvalue weighted by molar-refractivity contribution is -0.551. The Labute approximate surface area is 203 Å². The predicted molar refractivity (Wildman–Crippen MR) is 139 cm³/mol. The smallest absolute Gasteiger partial charge is 0.260 e. The van der Waals surface area contributed by atoms with Crippen molar-refractivity contribution in [2.45, 2.75) is 103 Å². The SMILES string of the molecule is CC1(C)C2=C(c3cc4c(cc31)N([O-])C(C)(C)CC4)c1ccc3c(c1C2(C)C)CCC(C)(C)[N+]3=O. The molecule has 2 heterocycles. The highest BCUT2D eigenvalue weighted by atomic mass is 16.5. The van der Waals surface area contributed by atoms with Crippen LogP contribution < -0.4 is 5.06 Å². The van der Waals surface area contributed by atoms with Crippen molar-refractivity contribution in [3.63, 3.8) is 0 Å². The lowest BCUT2D eigenvalue weighted by Crippen LogP contribution is -2.43. The van der Waals surface area contributed by atoms with E-state index in [1.54, 1.807) is 0 Å². The van der Waals surface area contributed by atoms with E-state index in [9.17, 15) is 10.1 Å². The molecule has 4 heteroatoms. The molecule has 2 aromatic rings. The summed E-state index contributed by atoms with van der Waals surface area (Å²) in [5, 5.41) is 14.5. The van der Waals surface area contributed by atoms with Gasteiger partial charge in [0, 0.05) is 63.6 Å². The van der Waals surface area contributed by atoms with Crippen molar-refractivity contribution in [3.05, 3.63) is 73.3 Å². The Hall–Kier alpha value is -2.46. The molecule has 0 saturated heterocycles. The van der Waals surface area contributed by atoms with Crippen LogP contribution in [-0.2, 0) is 23.7 Å². The third-order valence-electron chi connectivity index (χ3n) is 9.37. The van der Waals surface area contributed by atoms with Crippen molar-refractivity contribution in [2.24, 2.45) is 0 Å². The predicted octanol–water partition coefficient (Wildman–Crippen LogP) is 7.24. The molecule has 0 amide bonds. The van der Waals surface area contributed by atoms with Crippen molar-refractivity contribution < 1.29 is 4.76 Å². The van der Waals surface area contributed by atoms with Crippen molar-refractivity contribution in [1.82, 2.24) is 0 Å². The number of rotatable bonds is 0. The molecular weight excluding hydrogens is 420 g/mol. The zero-order valence-corrected chi connectivity index (χ0v) is 21.8. The van der Waals surface area contributed by atoms with Crippen LogP contribution in [0.15, 0.2) is 29.8 Å². The largest absolute Gasteiger partial charge is 0.758 e. The molecule has 2 aromatic carbocycles. The molecule has 0 N–H and O–H groups in total. The van der Waals surface area contributed by atoms with Gasteiger partial charge in [-0.3, -0.25) is 0 Å². The molecule has 0 saturated carbocycles. The van der Waals surface area contributed by atoms with Crippen LogP contribution in [0.3, 0.4) is 0 Å². The van der Waals surface area contributed by atoms with E-state index in [4.69, 9.17) is 0 Å². The van der Waals surface area contributed by atoms with Crippen LogP contribution in [0.1, 0.15) is 102 Å². The number of hydrogen-bond acceptors (Lipinski definition) is 3. The highest BCUT2D eigenvalue weighted by molar-refractivity contribution is 5.98. The second kappa shape index (κ2) is 6.20. The molecule has 4 nitrogen and oxygen atoms in total. The van der Waals surface area contributed by atoms with Gasteiger partial charge in [-0.25, -0.2) is 0 Å². The first-order valence-electron chi connectivity index (χ1n) is 12.7. The maximum absolute atomic E-state index is 13.2. The van der Waals surface area contributed by atoms with E-state index in [-0.39, 0.29) is 21.9 Å². The highest BCUT2D eigenvalue weighted by Gasteiger charge is 2.54. The Morgan fingerprint density at radius 2 is 1.59 bits per heavy atom. The summed E-state index contributed by atoms with van der Waals surface area (Å²) in [6.07, 6.45) is 3.59. The van der Waals surface area contributed by atoms with Crippen LogP contribution in [0.2, 0.25) is 0 Å². The zero-order valence-electron chi connectivity index (χ0n) is 21.8. The van der Waals surface area contributed by atoms with Gasteiger partial charge in [0.25, 0.3) is 5.69 Å². The van der Waals surface area contributed by atoms with Crippen LogP contribution in [-0.4, -0.2) is 15.8 Å². The molecule has 0 radical (unpaired) electrons. The van der Waals surface area contributed by atoms with Gasteiger partial charge >= 0.3 is 0 Å². The van der Waals surface area contributed by atoms with Crippen molar-refractivity contribution in [1.29, 1.82) is 0 Å². The molecule has 2 aliphatic heterocycles. The maximum Gasteiger partial charge on any atom is 0.260 e. The fraction of sp³-hybridized carbons (Fsp3) is 0.533. The molecule has 0 unspecified atom stereocenters. The van der Waals surface area contributed by atoms with Gasteiger partial charge < -0.3 is 10.3 Å². The third kappa shape index (κ3) is 2.48. The summed E-state index contributed by atoms with van der Waals surface area (Å²) in [6, 6.07) is 8.74. The van der Waals surface area contributed by atoms with E-state index in [0.29, 0.717) is 0 Å². The Kier molecular flexibility index (Phi) is 4.02. The third-order valence-corrected chi connectivity index (χ3v) is 9.37. The van der Waals surface area contributed by atoms with Crippen LogP contribution in [0.5, 0.6) is 0 Å². The summed E-state index contributed by atoms with van der Waals surface area (Å²) in [6.45, 7) is 17.5. The number of nitrogens with zero attached hydrogens (tertiary/aromatic N) is 2. The fourth-order valence-electron chi connectivity index (χ4n) is 7.56. The minimum atomic E-state index is -0.372. The first-order chi connectivity index (χ1) is 15.7. The van der Waals surface area contributed by atoms with Gasteiger partial charge in [0.2, 0.25) is 5.54 Å². The number of hydroxylamine groups is 1. The van der Waals surface area contributed by atoms with E-state index in [1.165, 1.54) is 48.8 Å². The van der Waals surface area contributed by atoms with E-state index >= 15 is 0 Å². The summed E-state index contributed by atoms with van der Waals surface area (Å²) in [5.74, 6) is 0. The molecule has 0 fully saturated rings. The number of fused-ring (bicyclic) bond motifs is 7. The monoisotopic (exact) mass is 456 g/mol. The number of nitroso groups, excluding NO2 is 1. The molecule has 0 aromatic heterocycles. The van der Waals surface area contributed by atoms with Crippen molar-refractivity contribution in [3.8, 4) is 0 Å². The van der Waals surface area contributed by atoms with Crippen LogP contribution in [0.4, 0.5) is 11.4 Å². The second-order valence-electron chi connectivity index (χ2n) is 13.2. The Bertz CT molecular complexity index is 1340. The minimum absolute atomic E-state index is 0.183. The van der Waals surface area contributed by atoms with E-state index in [0.717, 1.165) is 42.6 Å². The minimum Gasteiger partial charge on any atom is -0.758 e. The van der Waals surface area contributed by atoms with Gasteiger partial charge in [0.1, 0.15) is 0 Å². The summed E-state index contributed by atoms with van der Waals surface area (Å²) in [7, 11) is 0. The molecule has 2 aliphatic carbocycles. The number of hydrogen-bond donors (Lipinski definition) is 0. The number of anilines is 1. The van der Waals surface area contributed by atoms with E-state index in [1.807, 2.05) is 27.7 Å². The maximum atomic E-state index is 13.2. The zero-order chi connectivity index (χ0) is 24.6. The molecule has 34 heavy (non-hydrogen) atoms. The number of benzene rings is 2. The van der Waals surface area contributed by atoms with Crippen LogP contribution >= 0.6 is 0 Å². The van der Waals surface area contributed by atoms with Crippen molar-refractivity contribution in [2.75, 3.05) is 5.06 Å². The van der Waals surface area contributed by atoms with Gasteiger partial charge in [-0.05, 0) is 90.3 Å². The second-order valence-corrected chi connectivity index (χ2v) is 13.2. The lowest BCUT2D eigenvalue weighted by atomic mass is 9.66. The standard InChI is InChI=1S/C30H36N2O2/c1-27(2)13-11-17-15-20-21(16-23(17)32(27)34)29(5,6)26-24(20)19-9-10-22-18(25(19)30(26,7)8)12-14-28(3,4)31(22)33/h9-10,15-16H,11-14H2,1-8H3. The molecule has 178 valence electrons. The number of allylic oxidation sites excluding steroid dienone is 1. The first-order valence-corrected chi connectivity index (χ1v) is 12.7. The normalized spacial score (nSPS) is 24.4. The van der Waals surface area contributed by atoms with Gasteiger partial charge in [-0.1, -0.05) is 27.7 Å². The van der Waals surface area contributed by atoms with Crippen LogP contribution in [0, 0.1) is 10.1 Å². The van der Waals surface area contributed by atoms with Gasteiger partial charge in [0.05, 0.1) is 0 Å². The molecule has 0 bridgehead atoms. The highest BCUT2D eigenvalue weighted by Crippen LogP contribution is 2.63. The molecule has 0 spiro atoms. The quantitative estimate of drug-likeness (QED) is 0.393. The van der Waals surface area contributed by atoms with Gasteiger partial charge in [0.15, 0.2) is 0 Å². The van der Waals surface area contributed by atoms with Crippen molar-refractivity contribution >= 4 is 16.9 Å². The first kappa shape index (κ1) is 22.0. The number of aryl methyl sites for hydroxylation is 1. The lowest BCUT2D eigenvalue weighted by Gasteiger charge is -2.50. The molecule has 0 atom stereocenters. The molecule has 6 rings (SSSR count).